The van der Waals surface area contributed by atoms with Gasteiger partial charge >= 0.3 is 0 Å². The fourth-order valence-electron chi connectivity index (χ4n) is 1.07. The molecule has 0 saturated heterocycles. The maximum atomic E-state index is 5.65. The number of hydrogen-bond acceptors (Lipinski definition) is 5. The van der Waals surface area contributed by atoms with Gasteiger partial charge in [-0.1, -0.05) is 16.8 Å². The zero-order valence-corrected chi connectivity index (χ0v) is 8.82. The third-order valence-electron chi connectivity index (χ3n) is 1.72. The predicted octanol–water partition coefficient (Wildman–Crippen LogP) is 2.04. The van der Waals surface area contributed by atoms with Gasteiger partial charge in [0, 0.05) is 6.07 Å². The summed E-state index contributed by atoms with van der Waals surface area (Å²) in [6.45, 7) is 2.37. The smallest absolute Gasteiger partial charge is 0.223 e. The molecule has 0 aliphatic carbocycles. The van der Waals surface area contributed by atoms with Crippen LogP contribution in [0.4, 0.5) is 5.95 Å². The van der Waals surface area contributed by atoms with Gasteiger partial charge in [-0.15, -0.1) is 0 Å². The van der Waals surface area contributed by atoms with Crippen molar-refractivity contribution >= 4 is 17.5 Å². The number of nitrogens with zero attached hydrogens (tertiary/aromatic N) is 3. The summed E-state index contributed by atoms with van der Waals surface area (Å²) in [5.41, 5.74) is 0.811. The maximum Gasteiger partial charge on any atom is 0.223 e. The molecule has 78 valence electrons. The summed E-state index contributed by atoms with van der Waals surface area (Å²) in [4.78, 5) is 7.98. The number of aryl methyl sites for hydroxylation is 1. The van der Waals surface area contributed by atoms with E-state index in [1.807, 2.05) is 13.0 Å². The molecule has 0 spiro atoms. The number of rotatable bonds is 3. The molecule has 0 radical (unpaired) electrons. The van der Waals surface area contributed by atoms with E-state index >= 15 is 0 Å². The molecule has 0 aromatic carbocycles. The summed E-state index contributed by atoms with van der Waals surface area (Å²) < 4.78 is 4.92. The molecule has 6 heteroatoms. The van der Waals surface area contributed by atoms with Crippen molar-refractivity contribution in [2.75, 3.05) is 5.32 Å². The fraction of sp³-hybridized carbons (Fsp3) is 0.222. The van der Waals surface area contributed by atoms with E-state index in [0.717, 1.165) is 11.5 Å². The lowest BCUT2D eigenvalue weighted by Crippen LogP contribution is -2.03. The minimum atomic E-state index is 0.512. The first-order valence-electron chi connectivity index (χ1n) is 4.37. The van der Waals surface area contributed by atoms with E-state index < -0.39 is 0 Å². The van der Waals surface area contributed by atoms with Gasteiger partial charge in [-0.05, 0) is 6.92 Å². The van der Waals surface area contributed by atoms with Gasteiger partial charge in [0.15, 0.2) is 0 Å². The van der Waals surface area contributed by atoms with Crippen LogP contribution < -0.4 is 5.32 Å². The molecule has 2 rings (SSSR count). The van der Waals surface area contributed by atoms with Crippen molar-refractivity contribution in [1.82, 2.24) is 15.1 Å². The van der Waals surface area contributed by atoms with Crippen LogP contribution in [0, 0.1) is 6.92 Å². The Kier molecular flexibility index (Phi) is 2.82. The van der Waals surface area contributed by atoms with E-state index in [2.05, 4.69) is 20.4 Å². The molecular weight excluding hydrogens is 216 g/mol. The maximum absolute atomic E-state index is 5.65. The quantitative estimate of drug-likeness (QED) is 0.864. The van der Waals surface area contributed by atoms with Gasteiger partial charge in [0.1, 0.15) is 11.5 Å². The van der Waals surface area contributed by atoms with Crippen molar-refractivity contribution in [3.05, 3.63) is 34.9 Å². The molecule has 15 heavy (non-hydrogen) atoms. The Morgan fingerprint density at radius 1 is 1.40 bits per heavy atom. The van der Waals surface area contributed by atoms with Crippen molar-refractivity contribution in [1.29, 1.82) is 0 Å². The molecule has 0 saturated carbocycles. The average molecular weight is 225 g/mol. The highest BCUT2D eigenvalue weighted by molar-refractivity contribution is 6.30. The van der Waals surface area contributed by atoms with Gasteiger partial charge in [-0.2, -0.15) is 0 Å². The lowest BCUT2D eigenvalue weighted by atomic mass is 10.4. The number of aromatic nitrogens is 3. The van der Waals surface area contributed by atoms with Crippen LogP contribution >= 0.6 is 11.6 Å². The second kappa shape index (κ2) is 4.27. The summed E-state index contributed by atoms with van der Waals surface area (Å²) in [7, 11) is 0. The standard InChI is InChI=1S/C9H9ClN4O/c1-6-2-8(14-15-6)5-13-9-11-3-7(10)4-12-9/h2-4H,5H2,1H3,(H,11,12,13). The number of hydrogen-bond donors (Lipinski definition) is 1. The fourth-order valence-corrected chi connectivity index (χ4v) is 1.17. The van der Waals surface area contributed by atoms with E-state index in [1.54, 1.807) is 0 Å². The van der Waals surface area contributed by atoms with Crippen LogP contribution in [0.2, 0.25) is 5.02 Å². The van der Waals surface area contributed by atoms with Crippen molar-refractivity contribution in [3.8, 4) is 0 Å². The summed E-state index contributed by atoms with van der Waals surface area (Å²) in [6.07, 6.45) is 3.07. The molecule has 0 aliphatic heterocycles. The van der Waals surface area contributed by atoms with E-state index in [9.17, 15) is 0 Å². The summed E-state index contributed by atoms with van der Waals surface area (Å²) in [5, 5.41) is 7.34. The Morgan fingerprint density at radius 3 is 2.73 bits per heavy atom. The van der Waals surface area contributed by atoms with Crippen molar-refractivity contribution < 1.29 is 4.52 Å². The van der Waals surface area contributed by atoms with Crippen molar-refractivity contribution in [2.45, 2.75) is 13.5 Å². The zero-order chi connectivity index (χ0) is 10.7. The first-order chi connectivity index (χ1) is 7.24. The molecule has 2 aromatic rings. The molecule has 2 heterocycles. The molecular formula is C9H9ClN4O. The number of halogens is 1. The number of nitrogens with one attached hydrogen (secondary N) is 1. The van der Waals surface area contributed by atoms with Crippen molar-refractivity contribution in [3.63, 3.8) is 0 Å². The Bertz CT molecular complexity index is 440. The Morgan fingerprint density at radius 2 is 2.13 bits per heavy atom. The molecule has 1 N–H and O–H groups in total. The molecule has 0 bridgehead atoms. The van der Waals surface area contributed by atoms with Crippen molar-refractivity contribution in [2.24, 2.45) is 0 Å². The second-order valence-electron chi connectivity index (χ2n) is 3.01. The lowest BCUT2D eigenvalue weighted by molar-refractivity contribution is 0.391. The van der Waals surface area contributed by atoms with Crippen LogP contribution in [0.1, 0.15) is 11.5 Å². The topological polar surface area (TPSA) is 63.8 Å². The minimum Gasteiger partial charge on any atom is -0.361 e. The molecule has 0 unspecified atom stereocenters. The van der Waals surface area contributed by atoms with Gasteiger partial charge in [-0.25, -0.2) is 9.97 Å². The lowest BCUT2D eigenvalue weighted by Gasteiger charge is -2.00. The van der Waals surface area contributed by atoms with E-state index in [-0.39, 0.29) is 0 Å². The molecule has 5 nitrogen and oxygen atoms in total. The molecule has 0 amide bonds. The largest absolute Gasteiger partial charge is 0.361 e. The van der Waals surface area contributed by atoms with Crippen LogP contribution in [0.3, 0.4) is 0 Å². The summed E-state index contributed by atoms with van der Waals surface area (Å²) >= 11 is 5.65. The van der Waals surface area contributed by atoms with Crippen LogP contribution in [-0.2, 0) is 6.54 Å². The Labute approximate surface area is 91.5 Å². The molecule has 2 aromatic heterocycles. The molecule has 0 atom stereocenters. The van der Waals surface area contributed by atoms with Gasteiger partial charge in [-0.3, -0.25) is 0 Å². The zero-order valence-electron chi connectivity index (χ0n) is 8.07. The van der Waals surface area contributed by atoms with Crippen LogP contribution in [0.15, 0.2) is 23.0 Å². The summed E-state index contributed by atoms with van der Waals surface area (Å²) in [6, 6.07) is 1.85. The highest BCUT2D eigenvalue weighted by atomic mass is 35.5. The van der Waals surface area contributed by atoms with Gasteiger partial charge in [0.25, 0.3) is 0 Å². The Balaban J connectivity index is 1.96. The monoisotopic (exact) mass is 224 g/mol. The Hall–Kier alpha value is -1.62. The van der Waals surface area contributed by atoms with Crippen LogP contribution in [0.25, 0.3) is 0 Å². The normalized spacial score (nSPS) is 10.3. The number of anilines is 1. The highest BCUT2D eigenvalue weighted by Crippen LogP contribution is 2.07. The third-order valence-corrected chi connectivity index (χ3v) is 1.92. The SMILES string of the molecule is Cc1cc(CNc2ncc(Cl)cn2)no1. The first-order valence-corrected chi connectivity index (χ1v) is 4.75. The van der Waals surface area contributed by atoms with Crippen LogP contribution in [0.5, 0.6) is 0 Å². The van der Waals surface area contributed by atoms with Crippen LogP contribution in [-0.4, -0.2) is 15.1 Å². The first kappa shape index (κ1) is 9.92. The highest BCUT2D eigenvalue weighted by Gasteiger charge is 2.01. The third kappa shape index (κ3) is 2.66. The van der Waals surface area contributed by atoms with E-state index in [0.29, 0.717) is 17.5 Å². The van der Waals surface area contributed by atoms with E-state index in [4.69, 9.17) is 16.1 Å². The average Bonchev–Trinajstić information content (AvgIpc) is 2.64. The van der Waals surface area contributed by atoms with Gasteiger partial charge in [0.2, 0.25) is 5.95 Å². The van der Waals surface area contributed by atoms with Gasteiger partial charge in [0.05, 0.1) is 24.0 Å². The second-order valence-corrected chi connectivity index (χ2v) is 3.44. The molecule has 0 aliphatic rings. The molecule has 0 fully saturated rings. The van der Waals surface area contributed by atoms with Gasteiger partial charge < -0.3 is 9.84 Å². The minimum absolute atomic E-state index is 0.512. The van der Waals surface area contributed by atoms with E-state index in [1.165, 1.54) is 12.4 Å². The summed E-state index contributed by atoms with van der Waals surface area (Å²) in [5.74, 6) is 1.30. The predicted molar refractivity (Wildman–Crippen MR) is 55.6 cm³/mol.